The Hall–Kier alpha value is -2.18. The summed E-state index contributed by atoms with van der Waals surface area (Å²) >= 11 is 0. The van der Waals surface area contributed by atoms with Gasteiger partial charge in [0.05, 0.1) is 12.7 Å². The van der Waals surface area contributed by atoms with E-state index < -0.39 is 0 Å². The van der Waals surface area contributed by atoms with E-state index in [0.29, 0.717) is 18.9 Å². The Balaban J connectivity index is 1.56. The number of hydrogen-bond acceptors (Lipinski definition) is 4. The first-order valence-corrected chi connectivity index (χ1v) is 8.85. The molecule has 3 rings (SSSR count). The zero-order chi connectivity index (χ0) is 17.5. The number of nitrogens with two attached hydrogens (primary N) is 1. The van der Waals surface area contributed by atoms with Crippen LogP contribution in [0.4, 0.5) is 0 Å². The first-order valence-electron chi connectivity index (χ1n) is 8.85. The van der Waals surface area contributed by atoms with Crippen LogP contribution in [0.25, 0.3) is 0 Å². The van der Waals surface area contributed by atoms with Crippen LogP contribution in [0.1, 0.15) is 30.4 Å². The molecular weight excluding hydrogens is 316 g/mol. The lowest BCUT2D eigenvalue weighted by molar-refractivity contribution is -0.119. The lowest BCUT2D eigenvalue weighted by Gasteiger charge is -2.30. The smallest absolute Gasteiger partial charge is 0.218 e. The van der Waals surface area contributed by atoms with Crippen molar-refractivity contribution in [3.05, 3.63) is 53.9 Å². The van der Waals surface area contributed by atoms with Crippen LogP contribution >= 0.6 is 0 Å². The Morgan fingerprint density at radius 3 is 2.76 bits per heavy atom. The van der Waals surface area contributed by atoms with Crippen molar-refractivity contribution in [2.75, 3.05) is 13.2 Å². The largest absolute Gasteiger partial charge is 0.381 e. The van der Waals surface area contributed by atoms with Crippen molar-refractivity contribution in [3.8, 4) is 0 Å². The molecule has 1 amide bonds. The van der Waals surface area contributed by atoms with Crippen molar-refractivity contribution < 1.29 is 9.53 Å². The third-order valence-corrected chi connectivity index (χ3v) is 4.70. The van der Waals surface area contributed by atoms with Gasteiger partial charge in [-0.25, -0.2) is 0 Å². The number of hydrogen-bond donors (Lipinski definition) is 2. The topological polar surface area (TPSA) is 82.2 Å². The van der Waals surface area contributed by atoms with Crippen molar-refractivity contribution in [2.45, 2.75) is 38.4 Å². The highest BCUT2D eigenvalue weighted by atomic mass is 16.5. The maximum atomic E-state index is 11.4. The molecule has 0 radical (unpaired) electrons. The molecule has 0 aliphatic carbocycles. The van der Waals surface area contributed by atoms with Gasteiger partial charge in [0.1, 0.15) is 0 Å². The fraction of sp³-hybridized carbons (Fsp3) is 0.474. The fourth-order valence-electron chi connectivity index (χ4n) is 3.34. The number of aromatic nitrogens is 2. The van der Waals surface area contributed by atoms with Gasteiger partial charge in [0.15, 0.2) is 0 Å². The maximum Gasteiger partial charge on any atom is 0.218 e. The Morgan fingerprint density at radius 2 is 2.04 bits per heavy atom. The van der Waals surface area contributed by atoms with Crippen LogP contribution in [-0.4, -0.2) is 34.9 Å². The number of carbonyl (C=O) groups is 1. The van der Waals surface area contributed by atoms with Crippen molar-refractivity contribution in [1.29, 1.82) is 0 Å². The fourth-order valence-corrected chi connectivity index (χ4v) is 3.34. The van der Waals surface area contributed by atoms with E-state index in [1.807, 2.05) is 35.3 Å². The second-order valence-corrected chi connectivity index (χ2v) is 6.64. The number of nitrogens with one attached hydrogen (secondary N) is 1. The number of amides is 1. The quantitative estimate of drug-likeness (QED) is 0.765. The summed E-state index contributed by atoms with van der Waals surface area (Å²) in [5.74, 6) is 0.171. The molecule has 6 nitrogen and oxygen atoms in total. The monoisotopic (exact) mass is 342 g/mol. The summed E-state index contributed by atoms with van der Waals surface area (Å²) in [4.78, 5) is 11.4. The minimum atomic E-state index is -0.260. The van der Waals surface area contributed by atoms with Crippen molar-refractivity contribution in [1.82, 2.24) is 15.1 Å². The van der Waals surface area contributed by atoms with Crippen molar-refractivity contribution in [3.63, 3.8) is 0 Å². The highest BCUT2D eigenvalue weighted by Gasteiger charge is 2.25. The molecule has 0 spiro atoms. The van der Waals surface area contributed by atoms with Gasteiger partial charge in [-0.05, 0) is 24.3 Å². The molecule has 1 aromatic carbocycles. The Kier molecular flexibility index (Phi) is 6.19. The lowest BCUT2D eigenvalue weighted by Crippen LogP contribution is -2.41. The summed E-state index contributed by atoms with van der Waals surface area (Å²) in [6.45, 7) is 2.96. The number of carbonyl (C=O) groups excluding carboxylic acids is 1. The standard InChI is InChI=1S/C19H26N4O2/c20-19(24)10-18(17-6-8-25-9-7-17)21-11-16-12-22-23(14-16)13-15-4-2-1-3-5-15/h1-5,12,14,17-18,21H,6-11,13H2,(H2,20,24). The number of primary amides is 1. The van der Waals surface area contributed by atoms with Gasteiger partial charge < -0.3 is 15.8 Å². The molecule has 25 heavy (non-hydrogen) atoms. The highest BCUT2D eigenvalue weighted by molar-refractivity contribution is 5.74. The predicted octanol–water partition coefficient (Wildman–Crippen LogP) is 1.69. The van der Waals surface area contributed by atoms with Crippen LogP contribution in [0.2, 0.25) is 0 Å². The molecule has 1 aliphatic heterocycles. The molecule has 6 heteroatoms. The molecule has 1 aliphatic rings. The Bertz CT molecular complexity index is 665. The summed E-state index contributed by atoms with van der Waals surface area (Å²) in [5, 5.41) is 7.93. The van der Waals surface area contributed by atoms with Crippen LogP contribution in [-0.2, 0) is 22.6 Å². The first-order chi connectivity index (χ1) is 12.2. The molecule has 1 saturated heterocycles. The summed E-state index contributed by atoms with van der Waals surface area (Å²) < 4.78 is 7.35. The first kappa shape index (κ1) is 17.6. The van der Waals surface area contributed by atoms with Gasteiger partial charge in [-0.3, -0.25) is 9.48 Å². The van der Waals surface area contributed by atoms with Gasteiger partial charge in [0.25, 0.3) is 0 Å². The van der Waals surface area contributed by atoms with Crippen molar-refractivity contribution in [2.24, 2.45) is 11.7 Å². The van der Waals surface area contributed by atoms with Crippen molar-refractivity contribution >= 4 is 5.91 Å². The van der Waals surface area contributed by atoms with Gasteiger partial charge in [0, 0.05) is 44.0 Å². The molecule has 1 unspecified atom stereocenters. The molecule has 2 heterocycles. The van der Waals surface area contributed by atoms with E-state index in [1.165, 1.54) is 5.56 Å². The molecule has 134 valence electrons. The van der Waals surface area contributed by atoms with Gasteiger partial charge in [-0.1, -0.05) is 30.3 Å². The summed E-state index contributed by atoms with van der Waals surface area (Å²) in [6, 6.07) is 10.4. The predicted molar refractivity (Wildman–Crippen MR) is 95.8 cm³/mol. The number of benzene rings is 1. The number of ether oxygens (including phenoxy) is 1. The second kappa shape index (κ2) is 8.78. The van der Waals surface area contributed by atoms with E-state index in [9.17, 15) is 4.79 Å². The molecule has 1 atom stereocenters. The molecule has 1 fully saturated rings. The molecule has 1 aromatic heterocycles. The molecule has 0 saturated carbocycles. The van der Waals surface area contributed by atoms with E-state index in [-0.39, 0.29) is 11.9 Å². The molecule has 2 aromatic rings. The van der Waals surface area contributed by atoms with Crippen LogP contribution in [0.3, 0.4) is 0 Å². The Labute approximate surface area is 148 Å². The average molecular weight is 342 g/mol. The lowest BCUT2D eigenvalue weighted by atomic mass is 9.89. The summed E-state index contributed by atoms with van der Waals surface area (Å²) in [5.41, 5.74) is 7.76. The maximum absolute atomic E-state index is 11.4. The zero-order valence-corrected chi connectivity index (χ0v) is 14.4. The van der Waals surface area contributed by atoms with E-state index >= 15 is 0 Å². The highest BCUT2D eigenvalue weighted by Crippen LogP contribution is 2.21. The van der Waals surface area contributed by atoms with Crippen LogP contribution in [0.15, 0.2) is 42.7 Å². The van der Waals surface area contributed by atoms with Gasteiger partial charge in [-0.15, -0.1) is 0 Å². The van der Waals surface area contributed by atoms with Gasteiger partial charge in [-0.2, -0.15) is 5.10 Å². The van der Waals surface area contributed by atoms with Crippen LogP contribution in [0, 0.1) is 5.92 Å². The molecular formula is C19H26N4O2. The molecule has 0 bridgehead atoms. The number of rotatable bonds is 8. The summed E-state index contributed by atoms with van der Waals surface area (Å²) in [7, 11) is 0. The van der Waals surface area contributed by atoms with Gasteiger partial charge >= 0.3 is 0 Å². The summed E-state index contributed by atoms with van der Waals surface area (Å²) in [6.07, 6.45) is 6.23. The van der Waals surface area contributed by atoms with E-state index in [2.05, 4.69) is 22.5 Å². The third kappa shape index (κ3) is 5.41. The average Bonchev–Trinajstić information content (AvgIpc) is 3.07. The van der Waals surface area contributed by atoms with E-state index in [4.69, 9.17) is 10.5 Å². The Morgan fingerprint density at radius 1 is 1.28 bits per heavy atom. The number of nitrogens with zero attached hydrogens (tertiary/aromatic N) is 2. The normalized spacial score (nSPS) is 16.6. The minimum absolute atomic E-state index is 0.0962. The van der Waals surface area contributed by atoms with E-state index in [1.54, 1.807) is 0 Å². The van der Waals surface area contributed by atoms with Gasteiger partial charge in [0.2, 0.25) is 5.91 Å². The molecule has 3 N–H and O–H groups in total. The van der Waals surface area contributed by atoms with Crippen LogP contribution in [0.5, 0.6) is 0 Å². The zero-order valence-electron chi connectivity index (χ0n) is 14.4. The van der Waals surface area contributed by atoms with Crippen LogP contribution < -0.4 is 11.1 Å². The minimum Gasteiger partial charge on any atom is -0.381 e. The van der Waals surface area contributed by atoms with E-state index in [0.717, 1.165) is 38.2 Å². The third-order valence-electron chi connectivity index (χ3n) is 4.70. The SMILES string of the molecule is NC(=O)CC(NCc1cnn(Cc2ccccc2)c1)C1CCOCC1. The second-order valence-electron chi connectivity index (χ2n) is 6.64.